The summed E-state index contributed by atoms with van der Waals surface area (Å²) < 4.78 is 32.8. The summed E-state index contributed by atoms with van der Waals surface area (Å²) >= 11 is 0. The van der Waals surface area contributed by atoms with Gasteiger partial charge in [0.25, 0.3) is 0 Å². The average Bonchev–Trinajstić information content (AvgIpc) is 2.87. The van der Waals surface area contributed by atoms with Crippen molar-refractivity contribution in [2.75, 3.05) is 13.7 Å². The fraction of sp³-hybridized carbons (Fsp3) is 0.458. The Kier molecular flexibility index (Phi) is 9.00. The zero-order valence-corrected chi connectivity index (χ0v) is 20.3. The minimum Gasteiger partial charge on any atom is -0.497 e. The van der Waals surface area contributed by atoms with Crippen LogP contribution >= 0.6 is 0 Å². The largest absolute Gasteiger partial charge is 0.497 e. The molecule has 1 atom stereocenters. The standard InChI is InChI=1S/C24H32N4O5S/c1-17(23(29)26-15-19-4-3-13-25-14-19)28-24(30)20-7-5-18(6-8-20)16-27-34(31,32)22-11-9-21(33-2)10-12-22/h3-4,9-14,17-18,20,27H,5-8,15-16H2,1-2H3,(H,26,29)(H,28,30)/t17-,18?,20?/m0/s1. The second kappa shape index (κ2) is 11.9. The number of sulfonamides is 1. The molecule has 10 heteroatoms. The lowest BCUT2D eigenvalue weighted by molar-refractivity contribution is -0.131. The van der Waals surface area contributed by atoms with E-state index in [1.165, 1.54) is 19.2 Å². The number of nitrogens with zero attached hydrogens (tertiary/aromatic N) is 1. The Morgan fingerprint density at radius 3 is 2.44 bits per heavy atom. The summed E-state index contributed by atoms with van der Waals surface area (Å²) in [6, 6.07) is 9.27. The Hall–Kier alpha value is -2.98. The molecule has 3 N–H and O–H groups in total. The molecule has 3 rings (SSSR count). The molecule has 34 heavy (non-hydrogen) atoms. The van der Waals surface area contributed by atoms with Gasteiger partial charge in [-0.1, -0.05) is 6.07 Å². The molecule has 2 amide bonds. The molecule has 1 aliphatic rings. The minimum absolute atomic E-state index is 0.138. The molecule has 2 aromatic rings. The lowest BCUT2D eigenvalue weighted by atomic mass is 9.81. The van der Waals surface area contributed by atoms with Crippen molar-refractivity contribution in [2.24, 2.45) is 11.8 Å². The van der Waals surface area contributed by atoms with Crippen molar-refractivity contribution >= 4 is 21.8 Å². The number of amides is 2. The molecule has 0 saturated heterocycles. The molecule has 0 spiro atoms. The second-order valence-electron chi connectivity index (χ2n) is 8.55. The number of hydrogen-bond donors (Lipinski definition) is 3. The summed E-state index contributed by atoms with van der Waals surface area (Å²) in [5.74, 6) is 0.191. The van der Waals surface area contributed by atoms with Gasteiger partial charge in [0, 0.05) is 31.4 Å². The smallest absolute Gasteiger partial charge is 0.242 e. The van der Waals surface area contributed by atoms with Crippen molar-refractivity contribution in [1.29, 1.82) is 0 Å². The number of hydrogen-bond acceptors (Lipinski definition) is 6. The molecular formula is C24H32N4O5S. The van der Waals surface area contributed by atoms with Crippen LogP contribution in [0.3, 0.4) is 0 Å². The Morgan fingerprint density at radius 2 is 1.82 bits per heavy atom. The number of rotatable bonds is 10. The van der Waals surface area contributed by atoms with Crippen LogP contribution in [0.15, 0.2) is 53.7 Å². The van der Waals surface area contributed by atoms with Crippen LogP contribution in [0.25, 0.3) is 0 Å². The van der Waals surface area contributed by atoms with Crippen LogP contribution in [0.2, 0.25) is 0 Å². The Bertz CT molecular complexity index is 1050. The first-order chi connectivity index (χ1) is 16.3. The number of aromatic nitrogens is 1. The van der Waals surface area contributed by atoms with E-state index in [1.807, 2.05) is 6.07 Å². The molecule has 1 aromatic carbocycles. The van der Waals surface area contributed by atoms with Crippen LogP contribution < -0.4 is 20.1 Å². The van der Waals surface area contributed by atoms with Gasteiger partial charge in [0.1, 0.15) is 11.8 Å². The van der Waals surface area contributed by atoms with E-state index in [0.717, 1.165) is 18.4 Å². The third-order valence-electron chi connectivity index (χ3n) is 6.09. The summed E-state index contributed by atoms with van der Waals surface area (Å²) in [6.07, 6.45) is 6.14. The average molecular weight is 489 g/mol. The van der Waals surface area contributed by atoms with Crippen LogP contribution in [0.4, 0.5) is 0 Å². The first-order valence-electron chi connectivity index (χ1n) is 11.4. The van der Waals surface area contributed by atoms with Gasteiger partial charge >= 0.3 is 0 Å². The third kappa shape index (κ3) is 7.26. The number of ether oxygens (including phenoxy) is 1. The van der Waals surface area contributed by atoms with Crippen molar-refractivity contribution in [3.63, 3.8) is 0 Å². The van der Waals surface area contributed by atoms with Gasteiger partial charge in [-0.15, -0.1) is 0 Å². The highest BCUT2D eigenvalue weighted by atomic mass is 32.2. The Balaban J connectivity index is 1.39. The molecule has 0 unspecified atom stereocenters. The molecule has 9 nitrogen and oxygen atoms in total. The number of benzene rings is 1. The third-order valence-corrected chi connectivity index (χ3v) is 7.53. The lowest BCUT2D eigenvalue weighted by Crippen LogP contribution is -2.47. The first-order valence-corrected chi connectivity index (χ1v) is 12.9. The summed E-state index contributed by atoms with van der Waals surface area (Å²) in [7, 11) is -2.07. The fourth-order valence-electron chi connectivity index (χ4n) is 3.94. The molecule has 1 fully saturated rings. The van der Waals surface area contributed by atoms with Crippen molar-refractivity contribution in [3.05, 3.63) is 54.4 Å². The van der Waals surface area contributed by atoms with E-state index in [1.54, 1.807) is 37.5 Å². The number of carbonyl (C=O) groups excluding carboxylic acids is 2. The predicted octanol–water partition coefficient (Wildman–Crippen LogP) is 2.00. The van der Waals surface area contributed by atoms with Crippen LogP contribution in [0.1, 0.15) is 38.2 Å². The van der Waals surface area contributed by atoms with Gasteiger partial charge in [0.2, 0.25) is 21.8 Å². The topological polar surface area (TPSA) is 126 Å². The molecule has 0 bridgehead atoms. The molecule has 0 radical (unpaired) electrons. The van der Waals surface area contributed by atoms with E-state index >= 15 is 0 Å². The highest BCUT2D eigenvalue weighted by Crippen LogP contribution is 2.29. The van der Waals surface area contributed by atoms with Gasteiger partial charge in [-0.2, -0.15) is 0 Å². The summed E-state index contributed by atoms with van der Waals surface area (Å²) in [5.41, 5.74) is 0.885. The summed E-state index contributed by atoms with van der Waals surface area (Å²) in [4.78, 5) is 29.1. The van der Waals surface area contributed by atoms with E-state index in [0.29, 0.717) is 31.7 Å². The van der Waals surface area contributed by atoms with Crippen LogP contribution in [-0.4, -0.2) is 44.9 Å². The van der Waals surface area contributed by atoms with Gasteiger partial charge in [0.05, 0.1) is 12.0 Å². The van der Waals surface area contributed by atoms with Crippen molar-refractivity contribution in [1.82, 2.24) is 20.3 Å². The number of methoxy groups -OCH3 is 1. The zero-order chi connectivity index (χ0) is 24.6. The van der Waals surface area contributed by atoms with Crippen LogP contribution in [0, 0.1) is 11.8 Å². The molecule has 1 aromatic heterocycles. The zero-order valence-electron chi connectivity index (χ0n) is 19.5. The Labute approximate surface area is 200 Å². The van der Waals surface area contributed by atoms with Crippen LogP contribution in [-0.2, 0) is 26.2 Å². The van der Waals surface area contributed by atoms with E-state index < -0.39 is 16.1 Å². The summed E-state index contributed by atoms with van der Waals surface area (Å²) in [6.45, 7) is 2.34. The quantitative estimate of drug-likeness (QED) is 0.470. The van der Waals surface area contributed by atoms with Crippen molar-refractivity contribution in [2.45, 2.75) is 50.1 Å². The van der Waals surface area contributed by atoms with Gasteiger partial charge in [-0.25, -0.2) is 13.1 Å². The molecular weight excluding hydrogens is 456 g/mol. The van der Waals surface area contributed by atoms with Crippen LogP contribution in [0.5, 0.6) is 5.75 Å². The maximum Gasteiger partial charge on any atom is 0.242 e. The maximum atomic E-state index is 12.6. The number of nitrogens with one attached hydrogen (secondary N) is 3. The SMILES string of the molecule is COc1ccc(S(=O)(=O)NCC2CCC(C(=O)N[C@@H](C)C(=O)NCc3cccnc3)CC2)cc1. The van der Waals surface area contributed by atoms with E-state index in [-0.39, 0.29) is 28.5 Å². The first kappa shape index (κ1) is 25.6. The van der Waals surface area contributed by atoms with Gasteiger partial charge in [0.15, 0.2) is 0 Å². The second-order valence-corrected chi connectivity index (χ2v) is 10.3. The molecule has 0 aliphatic heterocycles. The van der Waals surface area contributed by atoms with Gasteiger partial charge in [-0.3, -0.25) is 14.6 Å². The van der Waals surface area contributed by atoms with Gasteiger partial charge < -0.3 is 15.4 Å². The molecule has 1 aliphatic carbocycles. The fourth-order valence-corrected chi connectivity index (χ4v) is 5.05. The number of carbonyl (C=O) groups is 2. The van der Waals surface area contributed by atoms with Crippen molar-refractivity contribution in [3.8, 4) is 5.75 Å². The van der Waals surface area contributed by atoms with E-state index in [2.05, 4.69) is 20.3 Å². The Morgan fingerprint density at radius 1 is 1.12 bits per heavy atom. The normalized spacial score (nSPS) is 19.1. The summed E-state index contributed by atoms with van der Waals surface area (Å²) in [5, 5.41) is 5.60. The monoisotopic (exact) mass is 488 g/mol. The van der Waals surface area contributed by atoms with E-state index in [4.69, 9.17) is 4.74 Å². The molecule has 1 heterocycles. The van der Waals surface area contributed by atoms with Crippen molar-refractivity contribution < 1.29 is 22.7 Å². The minimum atomic E-state index is -3.60. The number of pyridine rings is 1. The highest BCUT2D eigenvalue weighted by molar-refractivity contribution is 7.89. The van der Waals surface area contributed by atoms with E-state index in [9.17, 15) is 18.0 Å². The lowest BCUT2D eigenvalue weighted by Gasteiger charge is -2.28. The van der Waals surface area contributed by atoms with Gasteiger partial charge in [-0.05, 0) is 74.4 Å². The predicted molar refractivity (Wildman–Crippen MR) is 127 cm³/mol. The molecule has 184 valence electrons. The maximum absolute atomic E-state index is 12.6. The highest BCUT2D eigenvalue weighted by Gasteiger charge is 2.29. The molecule has 1 saturated carbocycles.